The zero-order valence-electron chi connectivity index (χ0n) is 7.68. The van der Waals surface area contributed by atoms with Crippen molar-refractivity contribution in [3.8, 4) is 0 Å². The van der Waals surface area contributed by atoms with Crippen LogP contribution in [0.5, 0.6) is 0 Å². The minimum absolute atomic E-state index is 0.451. The van der Waals surface area contributed by atoms with Crippen molar-refractivity contribution in [2.24, 2.45) is 5.90 Å². The van der Waals surface area contributed by atoms with Crippen LogP contribution in [0.15, 0.2) is 12.1 Å². The van der Waals surface area contributed by atoms with E-state index in [1.807, 2.05) is 0 Å². The molecule has 1 aromatic heterocycles. The Morgan fingerprint density at radius 2 is 1.71 bits per heavy atom. The highest BCUT2D eigenvalue weighted by molar-refractivity contribution is 7.12. The Morgan fingerprint density at radius 1 is 1.21 bits per heavy atom. The molecule has 0 radical (unpaired) electrons. The summed E-state index contributed by atoms with van der Waals surface area (Å²) in [6, 6.07) is 2.40. The van der Waals surface area contributed by atoms with Crippen LogP contribution in [0.2, 0.25) is 0 Å². The summed E-state index contributed by atoms with van der Waals surface area (Å²) >= 11 is 0.641. The molecule has 6 heteroatoms. The molecule has 0 aliphatic heterocycles. The number of rotatable bonds is 2. The second-order valence-electron chi connectivity index (χ2n) is 3.29. The highest BCUT2D eigenvalue weighted by atomic mass is 32.1. The van der Waals surface area contributed by atoms with Crippen LogP contribution in [0, 0.1) is 0 Å². The molecule has 0 bridgehead atoms. The molecule has 0 saturated heterocycles. The summed E-state index contributed by atoms with van der Waals surface area (Å²) in [6.07, 6.45) is -4.30. The molecule has 1 aromatic rings. The molecule has 0 saturated carbocycles. The van der Waals surface area contributed by atoms with E-state index in [4.69, 9.17) is 5.90 Å². The smallest absolute Gasteiger partial charge is 0.293 e. The standard InChI is InChI=1S/C8H10F3NOS/c1-7(2,13-12)5-3-4-6(14-5)8(9,10)11/h3-4H,12H2,1-2H3. The van der Waals surface area contributed by atoms with Gasteiger partial charge in [0.1, 0.15) is 10.5 Å². The van der Waals surface area contributed by atoms with Crippen LogP contribution in [0.3, 0.4) is 0 Å². The summed E-state index contributed by atoms with van der Waals surface area (Å²) < 4.78 is 36.7. The molecule has 0 aromatic carbocycles. The van der Waals surface area contributed by atoms with Crippen molar-refractivity contribution in [2.75, 3.05) is 0 Å². The van der Waals surface area contributed by atoms with E-state index in [9.17, 15) is 13.2 Å². The molecule has 1 heterocycles. The monoisotopic (exact) mass is 225 g/mol. The van der Waals surface area contributed by atoms with E-state index >= 15 is 0 Å². The minimum Gasteiger partial charge on any atom is -0.293 e. The van der Waals surface area contributed by atoms with Crippen molar-refractivity contribution < 1.29 is 18.0 Å². The first-order valence-electron chi connectivity index (χ1n) is 3.83. The lowest BCUT2D eigenvalue weighted by Crippen LogP contribution is -2.23. The highest BCUT2D eigenvalue weighted by Crippen LogP contribution is 2.38. The zero-order chi connectivity index (χ0) is 11.0. The molecule has 0 atom stereocenters. The maximum absolute atomic E-state index is 12.2. The van der Waals surface area contributed by atoms with Gasteiger partial charge < -0.3 is 0 Å². The second-order valence-corrected chi connectivity index (χ2v) is 4.37. The van der Waals surface area contributed by atoms with Gasteiger partial charge in [-0.2, -0.15) is 13.2 Å². The molecule has 0 aliphatic carbocycles. The molecule has 2 nitrogen and oxygen atoms in total. The number of thiophene rings is 1. The minimum atomic E-state index is -4.30. The normalized spacial score (nSPS) is 13.3. The van der Waals surface area contributed by atoms with Gasteiger partial charge in [-0.25, -0.2) is 5.90 Å². The highest BCUT2D eigenvalue weighted by Gasteiger charge is 2.34. The van der Waals surface area contributed by atoms with Crippen molar-refractivity contribution in [3.05, 3.63) is 21.9 Å². The van der Waals surface area contributed by atoms with E-state index in [-0.39, 0.29) is 0 Å². The Morgan fingerprint density at radius 3 is 2.07 bits per heavy atom. The van der Waals surface area contributed by atoms with E-state index in [0.29, 0.717) is 16.2 Å². The summed E-state index contributed by atoms with van der Waals surface area (Å²) in [5, 5.41) is 0. The largest absolute Gasteiger partial charge is 0.425 e. The average Bonchev–Trinajstić information content (AvgIpc) is 2.51. The third-order valence-electron chi connectivity index (χ3n) is 1.77. The number of hydrogen-bond donors (Lipinski definition) is 1. The van der Waals surface area contributed by atoms with Crippen molar-refractivity contribution in [1.82, 2.24) is 0 Å². The first-order chi connectivity index (χ1) is 6.27. The maximum Gasteiger partial charge on any atom is 0.425 e. The van der Waals surface area contributed by atoms with Crippen molar-refractivity contribution in [1.29, 1.82) is 0 Å². The lowest BCUT2D eigenvalue weighted by molar-refractivity contribution is -0.134. The van der Waals surface area contributed by atoms with Gasteiger partial charge >= 0.3 is 6.18 Å². The molecule has 0 fully saturated rings. The number of nitrogens with two attached hydrogens (primary N) is 1. The molecule has 0 unspecified atom stereocenters. The summed E-state index contributed by atoms with van der Waals surface area (Å²) in [7, 11) is 0. The van der Waals surface area contributed by atoms with Crippen LogP contribution in [-0.2, 0) is 16.6 Å². The van der Waals surface area contributed by atoms with Gasteiger partial charge in [0.15, 0.2) is 0 Å². The van der Waals surface area contributed by atoms with Crippen LogP contribution in [0.25, 0.3) is 0 Å². The summed E-state index contributed by atoms with van der Waals surface area (Å²) in [5.74, 6) is 4.98. The fourth-order valence-corrected chi connectivity index (χ4v) is 1.79. The molecule has 2 N–H and O–H groups in total. The first-order valence-corrected chi connectivity index (χ1v) is 4.64. The van der Waals surface area contributed by atoms with Gasteiger partial charge in [0.2, 0.25) is 0 Å². The van der Waals surface area contributed by atoms with Gasteiger partial charge in [0, 0.05) is 4.88 Å². The fraction of sp³-hybridized carbons (Fsp3) is 0.500. The third-order valence-corrected chi connectivity index (χ3v) is 3.21. The van der Waals surface area contributed by atoms with Crippen LogP contribution in [-0.4, -0.2) is 0 Å². The molecule has 0 amide bonds. The predicted molar refractivity (Wildman–Crippen MR) is 47.6 cm³/mol. The van der Waals surface area contributed by atoms with E-state index in [0.717, 1.165) is 6.07 Å². The third kappa shape index (κ3) is 2.26. The van der Waals surface area contributed by atoms with Crippen LogP contribution in [0.1, 0.15) is 23.6 Å². The topological polar surface area (TPSA) is 35.2 Å². The predicted octanol–water partition coefficient (Wildman–Crippen LogP) is 2.89. The average molecular weight is 225 g/mol. The van der Waals surface area contributed by atoms with E-state index < -0.39 is 16.7 Å². The molecular formula is C8H10F3NOS. The Labute approximate surface area is 83.4 Å². The number of alkyl halides is 3. The Hall–Kier alpha value is -0.590. The molecule has 0 spiro atoms. The summed E-state index contributed by atoms with van der Waals surface area (Å²) in [5.41, 5.74) is -0.881. The van der Waals surface area contributed by atoms with E-state index in [1.165, 1.54) is 6.07 Å². The Balaban J connectivity index is 3.00. The number of halogens is 3. The molecular weight excluding hydrogens is 215 g/mol. The van der Waals surface area contributed by atoms with E-state index in [2.05, 4.69) is 4.84 Å². The second kappa shape index (κ2) is 3.52. The van der Waals surface area contributed by atoms with Gasteiger partial charge in [0.05, 0.1) is 0 Å². The van der Waals surface area contributed by atoms with Crippen LogP contribution < -0.4 is 5.90 Å². The van der Waals surface area contributed by atoms with Gasteiger partial charge in [0.25, 0.3) is 0 Å². The SMILES string of the molecule is CC(C)(ON)c1ccc(C(F)(F)F)s1. The fourth-order valence-electron chi connectivity index (χ4n) is 0.872. The van der Waals surface area contributed by atoms with Crippen LogP contribution in [0.4, 0.5) is 13.2 Å². The molecule has 0 aliphatic rings. The summed E-state index contributed by atoms with van der Waals surface area (Å²) in [6.45, 7) is 3.22. The van der Waals surface area contributed by atoms with Gasteiger partial charge in [-0.3, -0.25) is 4.84 Å². The Bertz CT molecular complexity index is 319. The summed E-state index contributed by atoms with van der Waals surface area (Å²) in [4.78, 5) is 4.40. The van der Waals surface area contributed by atoms with E-state index in [1.54, 1.807) is 13.8 Å². The van der Waals surface area contributed by atoms with Gasteiger partial charge in [-0.15, -0.1) is 11.3 Å². The van der Waals surface area contributed by atoms with Crippen molar-refractivity contribution in [3.63, 3.8) is 0 Å². The maximum atomic E-state index is 12.2. The lowest BCUT2D eigenvalue weighted by Gasteiger charge is -2.19. The number of hydrogen-bond acceptors (Lipinski definition) is 3. The van der Waals surface area contributed by atoms with Crippen molar-refractivity contribution >= 4 is 11.3 Å². The van der Waals surface area contributed by atoms with Gasteiger partial charge in [-0.05, 0) is 26.0 Å². The molecule has 14 heavy (non-hydrogen) atoms. The van der Waals surface area contributed by atoms with Crippen LogP contribution >= 0.6 is 11.3 Å². The van der Waals surface area contributed by atoms with Gasteiger partial charge in [-0.1, -0.05) is 0 Å². The quantitative estimate of drug-likeness (QED) is 0.785. The molecule has 80 valence electrons. The first kappa shape index (κ1) is 11.5. The van der Waals surface area contributed by atoms with Crippen molar-refractivity contribution in [2.45, 2.75) is 25.6 Å². The molecule has 1 rings (SSSR count). The Kier molecular flexibility index (Phi) is 2.89. The lowest BCUT2D eigenvalue weighted by atomic mass is 10.1. The zero-order valence-corrected chi connectivity index (χ0v) is 8.50.